The second-order valence-corrected chi connectivity index (χ2v) is 7.39. The van der Waals surface area contributed by atoms with Crippen LogP contribution in [0.4, 0.5) is 4.79 Å². The molecular formula is C15H25NO6. The fourth-order valence-corrected chi connectivity index (χ4v) is 2.03. The van der Waals surface area contributed by atoms with E-state index in [1.807, 2.05) is 0 Å². The minimum absolute atomic E-state index is 0.0557. The standard InChI is InChI=1S/C15H25NO6/c1-14(2,3)21-12(19)10-7-9(17)8-11(18)16(10)13(20)22-15(4,5)6/h9-10,17H,7-8H2,1-6H3/t9?,10-/m1/s1. The number of carbonyl (C=O) groups is 3. The van der Waals surface area contributed by atoms with E-state index in [1.54, 1.807) is 41.5 Å². The van der Waals surface area contributed by atoms with Gasteiger partial charge in [-0.2, -0.15) is 0 Å². The number of hydrogen-bond acceptors (Lipinski definition) is 6. The molecule has 1 unspecified atom stereocenters. The van der Waals surface area contributed by atoms with E-state index in [0.29, 0.717) is 0 Å². The summed E-state index contributed by atoms with van der Waals surface area (Å²) in [7, 11) is 0. The largest absolute Gasteiger partial charge is 0.458 e. The van der Waals surface area contributed by atoms with E-state index in [2.05, 4.69) is 0 Å². The Balaban J connectivity index is 3.00. The molecule has 1 saturated heterocycles. The Kier molecular flexibility index (Phi) is 5.22. The second-order valence-electron chi connectivity index (χ2n) is 7.39. The zero-order chi connectivity index (χ0) is 17.3. The highest BCUT2D eigenvalue weighted by Gasteiger charge is 2.44. The lowest BCUT2D eigenvalue weighted by Gasteiger charge is -2.36. The summed E-state index contributed by atoms with van der Waals surface area (Å²) in [4.78, 5) is 37.3. The number of amides is 2. The number of nitrogens with zero attached hydrogens (tertiary/aromatic N) is 1. The average Bonchev–Trinajstić information content (AvgIpc) is 2.22. The molecule has 0 spiro atoms. The molecule has 0 bridgehead atoms. The lowest BCUT2D eigenvalue weighted by Crippen LogP contribution is -2.56. The monoisotopic (exact) mass is 315 g/mol. The number of carbonyl (C=O) groups excluding carboxylic acids is 3. The molecule has 7 nitrogen and oxygen atoms in total. The molecule has 1 heterocycles. The molecule has 1 rings (SSSR count). The van der Waals surface area contributed by atoms with Gasteiger partial charge in [0, 0.05) is 6.42 Å². The van der Waals surface area contributed by atoms with Crippen molar-refractivity contribution in [2.75, 3.05) is 0 Å². The van der Waals surface area contributed by atoms with Crippen LogP contribution in [0.3, 0.4) is 0 Å². The zero-order valence-electron chi connectivity index (χ0n) is 14.0. The highest BCUT2D eigenvalue weighted by atomic mass is 16.6. The van der Waals surface area contributed by atoms with Crippen molar-refractivity contribution in [2.24, 2.45) is 0 Å². The molecule has 2 atom stereocenters. The number of likely N-dealkylation sites (tertiary alicyclic amines) is 1. The third-order valence-corrected chi connectivity index (χ3v) is 2.75. The minimum atomic E-state index is -1.18. The van der Waals surface area contributed by atoms with Crippen LogP contribution in [0.25, 0.3) is 0 Å². The van der Waals surface area contributed by atoms with Crippen LogP contribution in [0.2, 0.25) is 0 Å². The van der Waals surface area contributed by atoms with Gasteiger partial charge in [0.1, 0.15) is 17.2 Å². The maximum Gasteiger partial charge on any atom is 0.417 e. The van der Waals surface area contributed by atoms with Crippen molar-refractivity contribution in [2.45, 2.75) is 77.7 Å². The van der Waals surface area contributed by atoms with Gasteiger partial charge in [0.2, 0.25) is 5.91 Å². The normalized spacial score (nSPS) is 23.2. The van der Waals surface area contributed by atoms with E-state index in [4.69, 9.17) is 9.47 Å². The van der Waals surface area contributed by atoms with Crippen LogP contribution in [0.1, 0.15) is 54.4 Å². The van der Waals surface area contributed by atoms with Crippen LogP contribution in [-0.2, 0) is 19.1 Å². The Morgan fingerprint density at radius 1 is 1.09 bits per heavy atom. The van der Waals surface area contributed by atoms with Gasteiger partial charge in [0.25, 0.3) is 0 Å². The number of aliphatic hydroxyl groups excluding tert-OH is 1. The van der Waals surface area contributed by atoms with E-state index in [9.17, 15) is 19.5 Å². The number of rotatable bonds is 1. The van der Waals surface area contributed by atoms with Crippen LogP contribution in [0, 0.1) is 0 Å². The third-order valence-electron chi connectivity index (χ3n) is 2.75. The van der Waals surface area contributed by atoms with Crippen molar-refractivity contribution in [3.05, 3.63) is 0 Å². The molecule has 0 aliphatic carbocycles. The fourth-order valence-electron chi connectivity index (χ4n) is 2.03. The number of imide groups is 1. The maximum atomic E-state index is 12.3. The van der Waals surface area contributed by atoms with E-state index in [1.165, 1.54) is 0 Å². The second kappa shape index (κ2) is 6.24. The van der Waals surface area contributed by atoms with Gasteiger partial charge in [-0.25, -0.2) is 14.5 Å². The van der Waals surface area contributed by atoms with Crippen molar-refractivity contribution in [1.82, 2.24) is 4.90 Å². The van der Waals surface area contributed by atoms with Crippen molar-refractivity contribution < 1.29 is 29.0 Å². The van der Waals surface area contributed by atoms with Gasteiger partial charge in [-0.05, 0) is 41.5 Å². The van der Waals surface area contributed by atoms with Crippen molar-refractivity contribution in [3.63, 3.8) is 0 Å². The minimum Gasteiger partial charge on any atom is -0.458 e. The van der Waals surface area contributed by atoms with Gasteiger partial charge in [0.15, 0.2) is 0 Å². The molecule has 0 aromatic heterocycles. The lowest BCUT2D eigenvalue weighted by atomic mass is 9.99. The van der Waals surface area contributed by atoms with Gasteiger partial charge < -0.3 is 14.6 Å². The van der Waals surface area contributed by atoms with Crippen LogP contribution in [-0.4, -0.2) is 51.3 Å². The van der Waals surface area contributed by atoms with Gasteiger partial charge in [-0.1, -0.05) is 0 Å². The fraction of sp³-hybridized carbons (Fsp3) is 0.800. The summed E-state index contributed by atoms with van der Waals surface area (Å²) in [5, 5.41) is 9.72. The third kappa shape index (κ3) is 5.29. The molecule has 2 amide bonds. The molecule has 1 aliphatic heterocycles. The highest BCUT2D eigenvalue weighted by molar-refractivity contribution is 5.98. The van der Waals surface area contributed by atoms with Crippen molar-refractivity contribution >= 4 is 18.0 Å². The predicted octanol–water partition coefficient (Wildman–Crippen LogP) is 1.62. The van der Waals surface area contributed by atoms with Crippen LogP contribution >= 0.6 is 0 Å². The molecule has 22 heavy (non-hydrogen) atoms. The first-order chi connectivity index (χ1) is 9.80. The van der Waals surface area contributed by atoms with Crippen LogP contribution in [0.15, 0.2) is 0 Å². The first-order valence-corrected chi connectivity index (χ1v) is 7.26. The van der Waals surface area contributed by atoms with Gasteiger partial charge in [-0.15, -0.1) is 0 Å². The summed E-state index contributed by atoms with van der Waals surface area (Å²) < 4.78 is 10.4. The first kappa shape index (κ1) is 18.4. The molecule has 0 aromatic rings. The number of piperidine rings is 1. The molecule has 126 valence electrons. The van der Waals surface area contributed by atoms with Crippen LogP contribution < -0.4 is 0 Å². The topological polar surface area (TPSA) is 93.1 Å². The average molecular weight is 315 g/mol. The Morgan fingerprint density at radius 2 is 1.59 bits per heavy atom. The maximum absolute atomic E-state index is 12.3. The number of aliphatic hydroxyl groups is 1. The molecule has 1 fully saturated rings. The Labute approximate surface area is 130 Å². The molecule has 1 N–H and O–H groups in total. The van der Waals surface area contributed by atoms with Crippen molar-refractivity contribution in [1.29, 1.82) is 0 Å². The molecule has 0 aromatic carbocycles. The summed E-state index contributed by atoms with van der Waals surface area (Å²) in [6, 6.07) is -1.18. The lowest BCUT2D eigenvalue weighted by molar-refractivity contribution is -0.168. The zero-order valence-corrected chi connectivity index (χ0v) is 14.0. The number of ether oxygens (including phenoxy) is 2. The molecule has 1 aliphatic rings. The number of esters is 1. The smallest absolute Gasteiger partial charge is 0.417 e. The molecule has 7 heteroatoms. The Bertz CT molecular complexity index is 460. The predicted molar refractivity (Wildman–Crippen MR) is 78.0 cm³/mol. The van der Waals surface area contributed by atoms with E-state index < -0.39 is 41.3 Å². The summed E-state index contributed by atoms with van der Waals surface area (Å²) in [6.07, 6.45) is -2.16. The van der Waals surface area contributed by atoms with Gasteiger partial charge >= 0.3 is 12.1 Å². The molecule has 0 radical (unpaired) electrons. The van der Waals surface area contributed by atoms with Crippen LogP contribution in [0.5, 0.6) is 0 Å². The highest BCUT2D eigenvalue weighted by Crippen LogP contribution is 2.24. The summed E-state index contributed by atoms with van der Waals surface area (Å²) in [6.45, 7) is 10.0. The van der Waals surface area contributed by atoms with E-state index in [0.717, 1.165) is 4.90 Å². The summed E-state index contributed by atoms with van der Waals surface area (Å²) in [5.74, 6) is -1.38. The summed E-state index contributed by atoms with van der Waals surface area (Å²) >= 11 is 0. The number of hydrogen-bond donors (Lipinski definition) is 1. The van der Waals surface area contributed by atoms with Gasteiger partial charge in [-0.3, -0.25) is 4.79 Å². The Hall–Kier alpha value is -1.63. The van der Waals surface area contributed by atoms with E-state index in [-0.39, 0.29) is 12.8 Å². The molecular weight excluding hydrogens is 290 g/mol. The van der Waals surface area contributed by atoms with Gasteiger partial charge in [0.05, 0.1) is 12.5 Å². The van der Waals surface area contributed by atoms with E-state index >= 15 is 0 Å². The Morgan fingerprint density at radius 3 is 2.05 bits per heavy atom. The molecule has 0 saturated carbocycles. The SMILES string of the molecule is CC(C)(C)OC(=O)[C@H]1CC(O)CC(=O)N1C(=O)OC(C)(C)C. The summed E-state index contributed by atoms with van der Waals surface area (Å²) in [5.41, 5.74) is -1.56. The quantitative estimate of drug-likeness (QED) is 0.739. The van der Waals surface area contributed by atoms with Crippen molar-refractivity contribution in [3.8, 4) is 0 Å². The first-order valence-electron chi connectivity index (χ1n) is 7.26.